The number of ether oxygens (including phenoxy) is 1. The summed E-state index contributed by atoms with van der Waals surface area (Å²) < 4.78 is 6.04. The number of rotatable bonds is 5. The van der Waals surface area contributed by atoms with Crippen LogP contribution in [0.5, 0.6) is 5.75 Å². The van der Waals surface area contributed by atoms with Gasteiger partial charge in [0.2, 0.25) is 0 Å². The summed E-state index contributed by atoms with van der Waals surface area (Å²) in [6.45, 7) is 5.13. The molecule has 0 fully saturated rings. The molecule has 1 aromatic carbocycles. The molecule has 0 saturated heterocycles. The molecule has 0 spiro atoms. The Bertz CT molecular complexity index is 406. The molecular weight excluding hydrogens is 236 g/mol. The van der Waals surface area contributed by atoms with Crippen molar-refractivity contribution in [3.05, 3.63) is 29.3 Å². The first kappa shape index (κ1) is 14.4. The molecule has 1 aliphatic heterocycles. The molecule has 1 atom stereocenters. The van der Waals surface area contributed by atoms with Crippen molar-refractivity contribution in [2.24, 2.45) is 5.73 Å². The number of likely N-dealkylation sites (N-methyl/N-ethyl adjacent to an activating group) is 1. The van der Waals surface area contributed by atoms with E-state index in [2.05, 4.69) is 37.1 Å². The number of nitrogens with two attached hydrogens (primary N) is 1. The van der Waals surface area contributed by atoms with E-state index in [1.54, 1.807) is 0 Å². The summed E-state index contributed by atoms with van der Waals surface area (Å²) >= 11 is 0. The van der Waals surface area contributed by atoms with E-state index in [-0.39, 0.29) is 6.10 Å². The Balaban J connectivity index is 2.08. The Morgan fingerprint density at radius 3 is 2.68 bits per heavy atom. The van der Waals surface area contributed by atoms with E-state index in [4.69, 9.17) is 10.5 Å². The predicted octanol–water partition coefficient (Wildman–Crippen LogP) is 2.22. The minimum atomic E-state index is 0.247. The molecule has 3 heteroatoms. The van der Waals surface area contributed by atoms with Crippen molar-refractivity contribution < 1.29 is 4.74 Å². The third-order valence-electron chi connectivity index (χ3n) is 3.95. The lowest BCUT2D eigenvalue weighted by Gasteiger charge is -2.18. The van der Waals surface area contributed by atoms with Gasteiger partial charge in [-0.2, -0.15) is 0 Å². The highest BCUT2D eigenvalue weighted by molar-refractivity contribution is 5.37. The maximum atomic E-state index is 6.04. The number of hydrogen-bond donors (Lipinski definition) is 1. The van der Waals surface area contributed by atoms with E-state index in [9.17, 15) is 0 Å². The van der Waals surface area contributed by atoms with Crippen LogP contribution in [0.25, 0.3) is 0 Å². The summed E-state index contributed by atoms with van der Waals surface area (Å²) in [5.74, 6) is 1.00. The molecule has 0 aromatic heterocycles. The molecule has 0 amide bonds. The quantitative estimate of drug-likeness (QED) is 0.884. The lowest BCUT2D eigenvalue weighted by Crippen LogP contribution is -2.20. The van der Waals surface area contributed by atoms with E-state index >= 15 is 0 Å². The first-order valence-electron chi connectivity index (χ1n) is 7.40. The van der Waals surface area contributed by atoms with Crippen molar-refractivity contribution in [2.75, 3.05) is 26.7 Å². The largest absolute Gasteiger partial charge is 0.490 e. The number of fused-ring (bicyclic) bond motifs is 1. The fraction of sp³-hybridized carbons (Fsp3) is 0.625. The van der Waals surface area contributed by atoms with Crippen LogP contribution in [-0.4, -0.2) is 37.7 Å². The summed E-state index contributed by atoms with van der Waals surface area (Å²) in [5, 5.41) is 0. The van der Waals surface area contributed by atoms with Crippen molar-refractivity contribution in [3.63, 3.8) is 0 Å². The van der Waals surface area contributed by atoms with Crippen molar-refractivity contribution in [2.45, 2.75) is 38.7 Å². The van der Waals surface area contributed by atoms with Crippen LogP contribution >= 0.6 is 0 Å². The average molecular weight is 262 g/mol. The highest BCUT2D eigenvalue weighted by atomic mass is 16.5. The van der Waals surface area contributed by atoms with Crippen LogP contribution in [-0.2, 0) is 12.8 Å². The molecule has 2 rings (SSSR count). The third-order valence-corrected chi connectivity index (χ3v) is 3.95. The highest BCUT2D eigenvalue weighted by Crippen LogP contribution is 2.23. The molecule has 1 heterocycles. The summed E-state index contributed by atoms with van der Waals surface area (Å²) in [6.07, 6.45) is 4.45. The summed E-state index contributed by atoms with van der Waals surface area (Å²) in [5.41, 5.74) is 8.54. The topological polar surface area (TPSA) is 38.5 Å². The van der Waals surface area contributed by atoms with Crippen molar-refractivity contribution in [1.82, 2.24) is 4.90 Å². The Kier molecular flexibility index (Phi) is 5.23. The predicted molar refractivity (Wildman–Crippen MR) is 79.7 cm³/mol. The maximum absolute atomic E-state index is 6.04. The summed E-state index contributed by atoms with van der Waals surface area (Å²) in [7, 11) is 2.19. The van der Waals surface area contributed by atoms with Crippen LogP contribution in [0.2, 0.25) is 0 Å². The van der Waals surface area contributed by atoms with Gasteiger partial charge in [-0.15, -0.1) is 0 Å². The summed E-state index contributed by atoms with van der Waals surface area (Å²) in [4.78, 5) is 2.39. The van der Waals surface area contributed by atoms with Gasteiger partial charge in [-0.3, -0.25) is 0 Å². The standard InChI is InChI=1S/C16H26N2O/c1-3-15(6-9-17)19-16-5-4-13-7-10-18(2)11-8-14(13)12-16/h4-5,12,15H,3,6-11,17H2,1-2H3. The first-order valence-corrected chi connectivity index (χ1v) is 7.40. The molecule has 2 N–H and O–H groups in total. The van der Waals surface area contributed by atoms with E-state index in [0.717, 1.165) is 44.5 Å². The molecule has 0 bridgehead atoms. The number of benzene rings is 1. The van der Waals surface area contributed by atoms with E-state index < -0.39 is 0 Å². The fourth-order valence-electron chi connectivity index (χ4n) is 2.61. The Labute approximate surface area is 116 Å². The van der Waals surface area contributed by atoms with Crippen LogP contribution in [0.3, 0.4) is 0 Å². The Morgan fingerprint density at radius 1 is 1.26 bits per heavy atom. The van der Waals surface area contributed by atoms with Gasteiger partial charge < -0.3 is 15.4 Å². The van der Waals surface area contributed by atoms with Gasteiger partial charge in [0.1, 0.15) is 5.75 Å². The smallest absolute Gasteiger partial charge is 0.120 e. The SMILES string of the molecule is CCC(CCN)Oc1ccc2c(c1)CCN(C)CC2. The maximum Gasteiger partial charge on any atom is 0.120 e. The van der Waals surface area contributed by atoms with Gasteiger partial charge in [0.25, 0.3) is 0 Å². The molecule has 0 aliphatic carbocycles. The highest BCUT2D eigenvalue weighted by Gasteiger charge is 2.13. The molecule has 1 aromatic rings. The van der Waals surface area contributed by atoms with Crippen LogP contribution in [0.1, 0.15) is 30.9 Å². The number of nitrogens with zero attached hydrogens (tertiary/aromatic N) is 1. The van der Waals surface area contributed by atoms with Crippen LogP contribution < -0.4 is 10.5 Å². The lowest BCUT2D eigenvalue weighted by atomic mass is 10.0. The average Bonchev–Trinajstić information content (AvgIpc) is 2.60. The second-order valence-electron chi connectivity index (χ2n) is 5.46. The zero-order valence-corrected chi connectivity index (χ0v) is 12.2. The minimum absolute atomic E-state index is 0.247. The normalized spacial score (nSPS) is 17.6. The summed E-state index contributed by atoms with van der Waals surface area (Å²) in [6, 6.07) is 6.58. The molecule has 106 valence electrons. The van der Waals surface area contributed by atoms with E-state index in [1.165, 1.54) is 11.1 Å². The molecular formula is C16H26N2O. The molecule has 3 nitrogen and oxygen atoms in total. The van der Waals surface area contributed by atoms with Gasteiger partial charge in [-0.05, 0) is 62.5 Å². The first-order chi connectivity index (χ1) is 9.22. The van der Waals surface area contributed by atoms with Gasteiger partial charge in [-0.1, -0.05) is 13.0 Å². The van der Waals surface area contributed by atoms with E-state index in [1.807, 2.05) is 0 Å². The van der Waals surface area contributed by atoms with Crippen LogP contribution in [0.15, 0.2) is 18.2 Å². The van der Waals surface area contributed by atoms with Crippen molar-refractivity contribution in [1.29, 1.82) is 0 Å². The lowest BCUT2D eigenvalue weighted by molar-refractivity contribution is 0.189. The van der Waals surface area contributed by atoms with E-state index in [0.29, 0.717) is 6.54 Å². The second kappa shape index (κ2) is 6.92. The molecule has 1 aliphatic rings. The number of hydrogen-bond acceptors (Lipinski definition) is 3. The van der Waals surface area contributed by atoms with Gasteiger partial charge >= 0.3 is 0 Å². The van der Waals surface area contributed by atoms with Crippen molar-refractivity contribution >= 4 is 0 Å². The zero-order chi connectivity index (χ0) is 13.7. The Hall–Kier alpha value is -1.06. The van der Waals surface area contributed by atoms with Gasteiger partial charge in [0.15, 0.2) is 0 Å². The molecule has 0 radical (unpaired) electrons. The Morgan fingerprint density at radius 2 is 2.00 bits per heavy atom. The van der Waals surface area contributed by atoms with Crippen LogP contribution in [0, 0.1) is 0 Å². The van der Waals surface area contributed by atoms with Crippen molar-refractivity contribution in [3.8, 4) is 5.75 Å². The molecule has 0 saturated carbocycles. The minimum Gasteiger partial charge on any atom is -0.490 e. The molecule has 19 heavy (non-hydrogen) atoms. The fourth-order valence-corrected chi connectivity index (χ4v) is 2.61. The van der Waals surface area contributed by atoms with Gasteiger partial charge in [0.05, 0.1) is 6.10 Å². The zero-order valence-electron chi connectivity index (χ0n) is 12.2. The second-order valence-corrected chi connectivity index (χ2v) is 5.46. The van der Waals surface area contributed by atoms with Gasteiger partial charge in [-0.25, -0.2) is 0 Å². The van der Waals surface area contributed by atoms with Crippen LogP contribution in [0.4, 0.5) is 0 Å². The third kappa shape index (κ3) is 3.95. The van der Waals surface area contributed by atoms with Gasteiger partial charge in [0, 0.05) is 13.1 Å². The monoisotopic (exact) mass is 262 g/mol. The molecule has 1 unspecified atom stereocenters.